The summed E-state index contributed by atoms with van der Waals surface area (Å²) in [5, 5.41) is 3.10. The van der Waals surface area contributed by atoms with Crippen LogP contribution in [-0.4, -0.2) is 37.1 Å². The smallest absolute Gasteiger partial charge is 0.317 e. The highest BCUT2D eigenvalue weighted by molar-refractivity contribution is 6.31. The highest BCUT2D eigenvalue weighted by Crippen LogP contribution is 2.23. The number of halogens is 2. The number of hydrogen-bond acceptors (Lipinski definition) is 2. The van der Waals surface area contributed by atoms with Crippen LogP contribution in [-0.2, 0) is 6.54 Å². The number of piperazine rings is 1. The van der Waals surface area contributed by atoms with Crippen LogP contribution in [0, 0.1) is 12.7 Å². The fraction of sp³-hybridized carbons (Fsp3) is 0.316. The Hall–Kier alpha value is -2.27. The first kappa shape index (κ1) is 17.5. The van der Waals surface area contributed by atoms with Crippen molar-refractivity contribution in [2.24, 2.45) is 0 Å². The number of urea groups is 1. The molecule has 6 heteroatoms. The molecule has 0 atom stereocenters. The van der Waals surface area contributed by atoms with Gasteiger partial charge in [0.25, 0.3) is 0 Å². The second-order valence-electron chi connectivity index (χ2n) is 6.16. The van der Waals surface area contributed by atoms with Crippen molar-refractivity contribution in [3.8, 4) is 0 Å². The summed E-state index contributed by atoms with van der Waals surface area (Å²) in [5.41, 5.74) is 3.17. The molecule has 1 fully saturated rings. The van der Waals surface area contributed by atoms with Crippen LogP contribution in [0.25, 0.3) is 0 Å². The van der Waals surface area contributed by atoms with E-state index in [1.807, 2.05) is 31.2 Å². The second-order valence-corrected chi connectivity index (χ2v) is 6.56. The molecule has 0 aliphatic carbocycles. The Balaban J connectivity index is 1.52. The van der Waals surface area contributed by atoms with E-state index >= 15 is 0 Å². The van der Waals surface area contributed by atoms with Crippen molar-refractivity contribution >= 4 is 23.3 Å². The molecule has 1 saturated heterocycles. The topological polar surface area (TPSA) is 35.6 Å². The Labute approximate surface area is 152 Å². The molecular formula is C19H21ClFN3O. The summed E-state index contributed by atoms with van der Waals surface area (Å²) in [5.74, 6) is -0.417. The van der Waals surface area contributed by atoms with Gasteiger partial charge in [0.2, 0.25) is 0 Å². The number of anilines is 1. The van der Waals surface area contributed by atoms with Crippen molar-refractivity contribution in [3.05, 3.63) is 64.4 Å². The van der Waals surface area contributed by atoms with Crippen LogP contribution in [0.5, 0.6) is 0 Å². The van der Waals surface area contributed by atoms with Crippen molar-refractivity contribution in [1.29, 1.82) is 0 Å². The molecular weight excluding hydrogens is 341 g/mol. The monoisotopic (exact) mass is 361 g/mol. The zero-order valence-electron chi connectivity index (χ0n) is 14.1. The molecule has 0 unspecified atom stereocenters. The van der Waals surface area contributed by atoms with E-state index in [-0.39, 0.29) is 11.1 Å². The molecule has 2 aromatic carbocycles. The standard InChI is InChI=1S/C19H21ClFN3O/c1-14-4-2-3-5-15(14)13-22-19(25)24-10-8-23(9-11-24)16-6-7-18(21)17(20)12-16/h2-7,12H,8-11,13H2,1H3,(H,22,25). The first-order valence-electron chi connectivity index (χ1n) is 8.32. The maximum absolute atomic E-state index is 13.3. The van der Waals surface area contributed by atoms with E-state index in [0.717, 1.165) is 11.3 Å². The molecule has 0 saturated carbocycles. The number of aryl methyl sites for hydroxylation is 1. The number of nitrogens with one attached hydrogen (secondary N) is 1. The van der Waals surface area contributed by atoms with Gasteiger partial charge in [0.05, 0.1) is 5.02 Å². The lowest BCUT2D eigenvalue weighted by atomic mass is 10.1. The van der Waals surface area contributed by atoms with Gasteiger partial charge in [-0.05, 0) is 36.2 Å². The number of carbonyl (C=O) groups excluding carboxylic acids is 1. The number of hydrogen-bond donors (Lipinski definition) is 1. The third-order valence-corrected chi connectivity index (χ3v) is 4.82. The highest BCUT2D eigenvalue weighted by Gasteiger charge is 2.21. The van der Waals surface area contributed by atoms with E-state index in [1.165, 1.54) is 11.6 Å². The van der Waals surface area contributed by atoms with Crippen LogP contribution < -0.4 is 10.2 Å². The number of carbonyl (C=O) groups is 1. The van der Waals surface area contributed by atoms with E-state index in [0.29, 0.717) is 32.7 Å². The zero-order chi connectivity index (χ0) is 17.8. The average Bonchev–Trinajstić information content (AvgIpc) is 2.63. The minimum Gasteiger partial charge on any atom is -0.368 e. The summed E-state index contributed by atoms with van der Waals surface area (Å²) >= 11 is 5.85. The Kier molecular flexibility index (Phi) is 5.43. The van der Waals surface area contributed by atoms with Gasteiger partial charge >= 0.3 is 6.03 Å². The predicted octanol–water partition coefficient (Wildman–Crippen LogP) is 3.82. The van der Waals surface area contributed by atoms with Crippen molar-refractivity contribution in [1.82, 2.24) is 10.2 Å². The van der Waals surface area contributed by atoms with Crippen LogP contribution in [0.3, 0.4) is 0 Å². The van der Waals surface area contributed by atoms with Crippen molar-refractivity contribution in [2.75, 3.05) is 31.1 Å². The van der Waals surface area contributed by atoms with Gasteiger partial charge in [0, 0.05) is 38.4 Å². The summed E-state index contributed by atoms with van der Waals surface area (Å²) in [4.78, 5) is 16.3. The van der Waals surface area contributed by atoms with E-state index in [2.05, 4.69) is 10.2 Å². The van der Waals surface area contributed by atoms with Gasteiger partial charge in [-0.15, -0.1) is 0 Å². The molecule has 1 aliphatic heterocycles. The molecule has 0 spiro atoms. The minimum atomic E-state index is -0.417. The van der Waals surface area contributed by atoms with Crippen molar-refractivity contribution < 1.29 is 9.18 Å². The molecule has 3 rings (SSSR count). The lowest BCUT2D eigenvalue weighted by Crippen LogP contribution is -2.51. The van der Waals surface area contributed by atoms with E-state index < -0.39 is 5.82 Å². The van der Waals surface area contributed by atoms with Gasteiger partial charge in [-0.2, -0.15) is 0 Å². The van der Waals surface area contributed by atoms with Crippen LogP contribution in [0.4, 0.5) is 14.9 Å². The molecule has 4 nitrogen and oxygen atoms in total. The Bertz CT molecular complexity index is 760. The number of amides is 2. The normalized spacial score (nSPS) is 14.5. The largest absolute Gasteiger partial charge is 0.368 e. The Morgan fingerprint density at radius 1 is 1.16 bits per heavy atom. The van der Waals surface area contributed by atoms with Gasteiger partial charge in [0.15, 0.2) is 0 Å². The van der Waals surface area contributed by atoms with Gasteiger partial charge < -0.3 is 15.1 Å². The van der Waals surface area contributed by atoms with Gasteiger partial charge in [-0.25, -0.2) is 9.18 Å². The number of nitrogens with zero attached hydrogens (tertiary/aromatic N) is 2. The molecule has 1 aliphatic rings. The molecule has 2 aromatic rings. The molecule has 132 valence electrons. The first-order chi connectivity index (χ1) is 12.0. The molecule has 25 heavy (non-hydrogen) atoms. The highest BCUT2D eigenvalue weighted by atomic mass is 35.5. The molecule has 0 bridgehead atoms. The zero-order valence-corrected chi connectivity index (χ0v) is 14.9. The molecule has 1 heterocycles. The van der Waals surface area contributed by atoms with Gasteiger partial charge in [-0.3, -0.25) is 0 Å². The molecule has 2 amide bonds. The summed E-state index contributed by atoms with van der Waals surface area (Å²) in [6, 6.07) is 12.7. The van der Waals surface area contributed by atoms with E-state index in [9.17, 15) is 9.18 Å². The van der Waals surface area contributed by atoms with E-state index in [4.69, 9.17) is 11.6 Å². The first-order valence-corrected chi connectivity index (χ1v) is 8.69. The summed E-state index contributed by atoms with van der Waals surface area (Å²) in [7, 11) is 0. The third-order valence-electron chi connectivity index (χ3n) is 4.53. The average molecular weight is 362 g/mol. The van der Waals surface area contributed by atoms with Crippen LogP contribution in [0.2, 0.25) is 5.02 Å². The Morgan fingerprint density at radius 2 is 1.88 bits per heavy atom. The predicted molar refractivity (Wildman–Crippen MR) is 98.6 cm³/mol. The fourth-order valence-electron chi connectivity index (χ4n) is 2.94. The maximum Gasteiger partial charge on any atom is 0.317 e. The molecule has 1 N–H and O–H groups in total. The Morgan fingerprint density at radius 3 is 2.56 bits per heavy atom. The number of rotatable bonds is 3. The van der Waals surface area contributed by atoms with Crippen LogP contribution in [0.15, 0.2) is 42.5 Å². The lowest BCUT2D eigenvalue weighted by Gasteiger charge is -2.36. The van der Waals surface area contributed by atoms with Gasteiger partial charge in [0.1, 0.15) is 5.82 Å². The second kappa shape index (κ2) is 7.74. The van der Waals surface area contributed by atoms with Crippen molar-refractivity contribution in [3.63, 3.8) is 0 Å². The summed E-state index contributed by atoms with van der Waals surface area (Å²) in [6.45, 7) is 5.19. The third kappa shape index (κ3) is 4.23. The minimum absolute atomic E-state index is 0.0555. The molecule has 0 aromatic heterocycles. The number of benzene rings is 2. The fourth-order valence-corrected chi connectivity index (χ4v) is 3.12. The quantitative estimate of drug-likeness (QED) is 0.902. The SMILES string of the molecule is Cc1ccccc1CNC(=O)N1CCN(c2ccc(F)c(Cl)c2)CC1. The van der Waals surface area contributed by atoms with Crippen LogP contribution in [0.1, 0.15) is 11.1 Å². The summed E-state index contributed by atoms with van der Waals surface area (Å²) < 4.78 is 13.3. The summed E-state index contributed by atoms with van der Waals surface area (Å²) in [6.07, 6.45) is 0. The molecule has 0 radical (unpaired) electrons. The van der Waals surface area contributed by atoms with Crippen LogP contribution >= 0.6 is 11.6 Å². The van der Waals surface area contributed by atoms with E-state index in [1.54, 1.807) is 17.0 Å². The van der Waals surface area contributed by atoms with Gasteiger partial charge in [-0.1, -0.05) is 35.9 Å². The maximum atomic E-state index is 13.3. The lowest BCUT2D eigenvalue weighted by molar-refractivity contribution is 0.194. The van der Waals surface area contributed by atoms with Crippen molar-refractivity contribution in [2.45, 2.75) is 13.5 Å².